The summed E-state index contributed by atoms with van der Waals surface area (Å²) in [5.74, 6) is 0.829. The molecule has 0 amide bonds. The molecule has 1 aliphatic carbocycles. The average Bonchev–Trinajstić information content (AvgIpc) is 2.54. The van der Waals surface area contributed by atoms with Gasteiger partial charge in [-0.3, -0.25) is 4.90 Å². The van der Waals surface area contributed by atoms with E-state index < -0.39 is 0 Å². The Bertz CT molecular complexity index is 303. The summed E-state index contributed by atoms with van der Waals surface area (Å²) in [4.78, 5) is 5.24. The fourth-order valence-electron chi connectivity index (χ4n) is 4.37. The van der Waals surface area contributed by atoms with Crippen molar-refractivity contribution in [1.29, 1.82) is 0 Å². The quantitative estimate of drug-likeness (QED) is 0.854. The number of likely N-dealkylation sites (N-methyl/N-ethyl adjacent to an activating group) is 1. The first-order valence-corrected chi connectivity index (χ1v) is 8.60. The van der Waals surface area contributed by atoms with Crippen molar-refractivity contribution >= 4 is 0 Å². The largest absolute Gasteiger partial charge is 0.313 e. The molecule has 3 heteroatoms. The summed E-state index contributed by atoms with van der Waals surface area (Å²) in [7, 11) is 2.26. The van der Waals surface area contributed by atoms with Crippen molar-refractivity contribution in [3.8, 4) is 0 Å². The van der Waals surface area contributed by atoms with Gasteiger partial charge in [-0.1, -0.05) is 20.8 Å². The summed E-state index contributed by atoms with van der Waals surface area (Å²) in [5.41, 5.74) is 0.465. The lowest BCUT2D eigenvalue weighted by Crippen LogP contribution is -2.48. The maximum Gasteiger partial charge on any atom is 0.0194 e. The van der Waals surface area contributed by atoms with Crippen LogP contribution < -0.4 is 5.32 Å². The molecule has 1 saturated carbocycles. The highest BCUT2D eigenvalue weighted by molar-refractivity contribution is 4.97. The standard InChI is InChI=1S/C17H35N3/c1-6-18-16-15(8-9-17(16,3)4)13-20-11-7-10-19(5)12-14(20)2/h14-16,18H,6-13H2,1-5H3. The summed E-state index contributed by atoms with van der Waals surface area (Å²) < 4.78 is 0. The number of hydrogen-bond donors (Lipinski definition) is 1. The van der Waals surface area contributed by atoms with E-state index in [1.54, 1.807) is 0 Å². The van der Waals surface area contributed by atoms with Gasteiger partial charge < -0.3 is 10.2 Å². The van der Waals surface area contributed by atoms with Gasteiger partial charge in [0.2, 0.25) is 0 Å². The van der Waals surface area contributed by atoms with E-state index >= 15 is 0 Å². The zero-order valence-electron chi connectivity index (χ0n) is 14.3. The van der Waals surface area contributed by atoms with Gasteiger partial charge in [-0.2, -0.15) is 0 Å². The zero-order chi connectivity index (χ0) is 14.8. The Morgan fingerprint density at radius 1 is 1.25 bits per heavy atom. The topological polar surface area (TPSA) is 18.5 Å². The first kappa shape index (κ1) is 16.3. The van der Waals surface area contributed by atoms with Crippen LogP contribution in [0.3, 0.4) is 0 Å². The van der Waals surface area contributed by atoms with Gasteiger partial charge in [-0.05, 0) is 64.2 Å². The first-order valence-electron chi connectivity index (χ1n) is 8.60. The summed E-state index contributed by atoms with van der Waals surface area (Å²) >= 11 is 0. The maximum absolute atomic E-state index is 3.78. The maximum atomic E-state index is 3.78. The van der Waals surface area contributed by atoms with Gasteiger partial charge in [0.05, 0.1) is 0 Å². The number of nitrogens with zero attached hydrogens (tertiary/aromatic N) is 2. The Labute approximate surface area is 126 Å². The van der Waals surface area contributed by atoms with Crippen LogP contribution in [0.5, 0.6) is 0 Å². The molecule has 0 radical (unpaired) electrons. The minimum Gasteiger partial charge on any atom is -0.313 e. The normalized spacial score (nSPS) is 36.1. The molecule has 0 bridgehead atoms. The lowest BCUT2D eigenvalue weighted by molar-refractivity contribution is 0.149. The second kappa shape index (κ2) is 6.76. The van der Waals surface area contributed by atoms with E-state index in [0.29, 0.717) is 17.5 Å². The van der Waals surface area contributed by atoms with Crippen LogP contribution in [-0.2, 0) is 0 Å². The highest BCUT2D eigenvalue weighted by Gasteiger charge is 2.42. The van der Waals surface area contributed by atoms with Crippen LogP contribution in [0.1, 0.15) is 47.0 Å². The van der Waals surface area contributed by atoms with Crippen LogP contribution in [-0.4, -0.2) is 61.7 Å². The van der Waals surface area contributed by atoms with E-state index in [2.05, 4.69) is 49.9 Å². The van der Waals surface area contributed by atoms with Crippen LogP contribution in [0.4, 0.5) is 0 Å². The lowest BCUT2D eigenvalue weighted by atomic mass is 9.84. The van der Waals surface area contributed by atoms with Crippen LogP contribution in [0.15, 0.2) is 0 Å². The molecule has 3 atom stereocenters. The predicted octanol–water partition coefficient (Wildman–Crippen LogP) is 2.43. The molecule has 20 heavy (non-hydrogen) atoms. The monoisotopic (exact) mass is 281 g/mol. The van der Waals surface area contributed by atoms with E-state index in [4.69, 9.17) is 0 Å². The average molecular weight is 281 g/mol. The summed E-state index contributed by atoms with van der Waals surface area (Å²) in [6.07, 6.45) is 4.09. The second-order valence-electron chi connectivity index (χ2n) is 7.78. The van der Waals surface area contributed by atoms with E-state index in [-0.39, 0.29) is 0 Å². The van der Waals surface area contributed by atoms with Crippen molar-refractivity contribution in [2.75, 3.05) is 39.8 Å². The molecular formula is C17H35N3. The number of hydrogen-bond acceptors (Lipinski definition) is 3. The molecular weight excluding hydrogens is 246 g/mol. The van der Waals surface area contributed by atoms with Crippen molar-refractivity contribution in [1.82, 2.24) is 15.1 Å². The van der Waals surface area contributed by atoms with Gasteiger partial charge in [0, 0.05) is 25.2 Å². The smallest absolute Gasteiger partial charge is 0.0194 e. The molecule has 0 aromatic heterocycles. The summed E-state index contributed by atoms with van der Waals surface area (Å²) in [6, 6.07) is 1.40. The predicted molar refractivity (Wildman–Crippen MR) is 87.1 cm³/mol. The fraction of sp³-hybridized carbons (Fsp3) is 1.00. The molecule has 2 fully saturated rings. The molecule has 1 N–H and O–H groups in total. The summed E-state index contributed by atoms with van der Waals surface area (Å²) in [5, 5.41) is 3.78. The Hall–Kier alpha value is -0.120. The summed E-state index contributed by atoms with van der Waals surface area (Å²) in [6.45, 7) is 15.7. The van der Waals surface area contributed by atoms with E-state index in [9.17, 15) is 0 Å². The van der Waals surface area contributed by atoms with Crippen molar-refractivity contribution < 1.29 is 0 Å². The SMILES string of the molecule is CCNC1C(CN2CCCN(C)CC2C)CCC1(C)C. The molecule has 1 heterocycles. The third-order valence-corrected chi connectivity index (χ3v) is 5.55. The minimum absolute atomic E-state index is 0.465. The zero-order valence-corrected chi connectivity index (χ0v) is 14.3. The third kappa shape index (κ3) is 3.75. The number of rotatable bonds is 4. The number of nitrogens with one attached hydrogen (secondary N) is 1. The van der Waals surface area contributed by atoms with E-state index in [0.717, 1.165) is 12.5 Å². The molecule has 0 aromatic rings. The molecule has 2 rings (SSSR count). The molecule has 3 nitrogen and oxygen atoms in total. The highest BCUT2D eigenvalue weighted by Crippen LogP contribution is 2.41. The lowest BCUT2D eigenvalue weighted by Gasteiger charge is -2.36. The minimum atomic E-state index is 0.465. The highest BCUT2D eigenvalue weighted by atomic mass is 15.2. The van der Waals surface area contributed by atoms with Crippen LogP contribution in [0.25, 0.3) is 0 Å². The van der Waals surface area contributed by atoms with Crippen molar-refractivity contribution in [2.24, 2.45) is 11.3 Å². The molecule has 118 valence electrons. The molecule has 0 spiro atoms. The Balaban J connectivity index is 1.97. The fourth-order valence-corrected chi connectivity index (χ4v) is 4.37. The van der Waals surface area contributed by atoms with Crippen molar-refractivity contribution in [3.63, 3.8) is 0 Å². The molecule has 1 aliphatic heterocycles. The van der Waals surface area contributed by atoms with Crippen molar-refractivity contribution in [3.05, 3.63) is 0 Å². The van der Waals surface area contributed by atoms with Gasteiger partial charge in [-0.15, -0.1) is 0 Å². The molecule has 1 saturated heterocycles. The van der Waals surface area contributed by atoms with Crippen LogP contribution in [0.2, 0.25) is 0 Å². The third-order valence-electron chi connectivity index (χ3n) is 5.55. The van der Waals surface area contributed by atoms with E-state index in [1.807, 2.05) is 0 Å². The van der Waals surface area contributed by atoms with Crippen molar-refractivity contribution in [2.45, 2.75) is 59.0 Å². The Morgan fingerprint density at radius 3 is 2.70 bits per heavy atom. The van der Waals surface area contributed by atoms with Crippen LogP contribution >= 0.6 is 0 Å². The van der Waals surface area contributed by atoms with Gasteiger partial charge >= 0.3 is 0 Å². The van der Waals surface area contributed by atoms with E-state index in [1.165, 1.54) is 45.4 Å². The first-order chi connectivity index (χ1) is 9.44. The Morgan fingerprint density at radius 2 is 2.00 bits per heavy atom. The van der Waals surface area contributed by atoms with Crippen LogP contribution in [0, 0.1) is 11.3 Å². The molecule has 0 aromatic carbocycles. The molecule has 2 aliphatic rings. The second-order valence-corrected chi connectivity index (χ2v) is 7.78. The van der Waals surface area contributed by atoms with Gasteiger partial charge in [0.1, 0.15) is 0 Å². The Kier molecular flexibility index (Phi) is 5.49. The molecule has 3 unspecified atom stereocenters. The van der Waals surface area contributed by atoms with Gasteiger partial charge in [-0.25, -0.2) is 0 Å². The van der Waals surface area contributed by atoms with Gasteiger partial charge in [0.25, 0.3) is 0 Å². The van der Waals surface area contributed by atoms with Gasteiger partial charge in [0.15, 0.2) is 0 Å².